The Kier molecular flexibility index (Phi) is 2.67. The fourth-order valence-electron chi connectivity index (χ4n) is 2.15. The molecule has 1 aromatic carbocycles. The molecule has 15 heavy (non-hydrogen) atoms. The van der Waals surface area contributed by atoms with Crippen molar-refractivity contribution < 1.29 is 5.11 Å². The van der Waals surface area contributed by atoms with Crippen LogP contribution in [0.1, 0.15) is 12.0 Å². The predicted molar refractivity (Wildman–Crippen MR) is 62.0 cm³/mol. The minimum Gasteiger partial charge on any atom is -0.387 e. The molecule has 0 radical (unpaired) electrons. The molecule has 0 aromatic heterocycles. The molecule has 1 saturated heterocycles. The third-order valence-electron chi connectivity index (χ3n) is 3.17. The Morgan fingerprint density at radius 1 is 1.47 bits per heavy atom. The Morgan fingerprint density at radius 2 is 2.20 bits per heavy atom. The molecule has 1 aliphatic heterocycles. The lowest BCUT2D eigenvalue weighted by Crippen LogP contribution is -2.40. The Morgan fingerprint density at radius 3 is 2.80 bits per heavy atom. The van der Waals surface area contributed by atoms with Gasteiger partial charge in [-0.1, -0.05) is 18.2 Å². The molecular weight excluding hydrogens is 188 g/mol. The Hall–Kier alpha value is -1.06. The molecule has 0 saturated carbocycles. The van der Waals surface area contributed by atoms with Gasteiger partial charge in [0.2, 0.25) is 0 Å². The maximum atomic E-state index is 10.1. The van der Waals surface area contributed by atoms with Gasteiger partial charge in [0.1, 0.15) is 0 Å². The lowest BCUT2D eigenvalue weighted by atomic mass is 10.0. The molecule has 1 fully saturated rings. The van der Waals surface area contributed by atoms with Crippen LogP contribution in [0.3, 0.4) is 0 Å². The maximum absolute atomic E-state index is 10.1. The summed E-state index contributed by atoms with van der Waals surface area (Å²) >= 11 is 0. The van der Waals surface area contributed by atoms with Crippen molar-refractivity contribution in [2.75, 3.05) is 24.5 Å². The van der Waals surface area contributed by atoms with Crippen molar-refractivity contribution in [1.29, 1.82) is 0 Å². The Bertz CT molecular complexity index is 353. The lowest BCUT2D eigenvalue weighted by Gasteiger charge is -2.24. The van der Waals surface area contributed by atoms with E-state index in [-0.39, 0.29) is 0 Å². The molecule has 0 spiro atoms. The zero-order chi connectivity index (χ0) is 10.9. The third-order valence-corrected chi connectivity index (χ3v) is 3.17. The highest BCUT2D eigenvalue weighted by Gasteiger charge is 2.35. The SMILES string of the molecule is Cc1ccccc1N1CCC(O)(CN)C1. The van der Waals surface area contributed by atoms with Gasteiger partial charge in [0.25, 0.3) is 0 Å². The van der Waals surface area contributed by atoms with Crippen LogP contribution in [0.25, 0.3) is 0 Å². The van der Waals surface area contributed by atoms with Crippen LogP contribution in [0.4, 0.5) is 5.69 Å². The van der Waals surface area contributed by atoms with Crippen molar-refractivity contribution in [3.8, 4) is 0 Å². The van der Waals surface area contributed by atoms with Crippen molar-refractivity contribution in [3.63, 3.8) is 0 Å². The molecule has 0 bridgehead atoms. The number of benzene rings is 1. The molecule has 1 aromatic rings. The standard InChI is InChI=1S/C12H18N2O/c1-10-4-2-3-5-11(10)14-7-6-12(15,8-13)9-14/h2-5,15H,6-9,13H2,1H3. The molecule has 1 heterocycles. The highest BCUT2D eigenvalue weighted by atomic mass is 16.3. The van der Waals surface area contributed by atoms with E-state index < -0.39 is 5.60 Å². The maximum Gasteiger partial charge on any atom is 0.0959 e. The smallest absolute Gasteiger partial charge is 0.0959 e. The average molecular weight is 206 g/mol. The molecular formula is C12H18N2O. The van der Waals surface area contributed by atoms with E-state index >= 15 is 0 Å². The van der Waals surface area contributed by atoms with E-state index in [1.807, 2.05) is 12.1 Å². The number of para-hydroxylation sites is 1. The van der Waals surface area contributed by atoms with E-state index in [2.05, 4.69) is 24.0 Å². The Balaban J connectivity index is 2.18. The van der Waals surface area contributed by atoms with E-state index in [4.69, 9.17) is 5.73 Å². The summed E-state index contributed by atoms with van der Waals surface area (Å²) in [5.74, 6) is 0. The van der Waals surface area contributed by atoms with Gasteiger partial charge in [0, 0.05) is 25.3 Å². The summed E-state index contributed by atoms with van der Waals surface area (Å²) in [6.07, 6.45) is 0.762. The van der Waals surface area contributed by atoms with E-state index in [1.54, 1.807) is 0 Å². The van der Waals surface area contributed by atoms with Crippen LogP contribution in [0.2, 0.25) is 0 Å². The molecule has 3 N–H and O–H groups in total. The van der Waals surface area contributed by atoms with Gasteiger partial charge in [-0.05, 0) is 25.0 Å². The van der Waals surface area contributed by atoms with Crippen LogP contribution >= 0.6 is 0 Å². The predicted octanol–water partition coefficient (Wildman–Crippen LogP) is 0.895. The summed E-state index contributed by atoms with van der Waals surface area (Å²) in [7, 11) is 0. The molecule has 2 rings (SSSR count). The van der Waals surface area contributed by atoms with Gasteiger partial charge >= 0.3 is 0 Å². The van der Waals surface area contributed by atoms with Gasteiger partial charge in [0.15, 0.2) is 0 Å². The van der Waals surface area contributed by atoms with E-state index in [1.165, 1.54) is 11.3 Å². The van der Waals surface area contributed by atoms with Gasteiger partial charge in [-0.25, -0.2) is 0 Å². The van der Waals surface area contributed by atoms with E-state index in [0.717, 1.165) is 13.0 Å². The molecule has 1 unspecified atom stereocenters. The number of hydrogen-bond donors (Lipinski definition) is 2. The minimum absolute atomic E-state index is 0.343. The van der Waals surface area contributed by atoms with Crippen LogP contribution in [0.15, 0.2) is 24.3 Å². The zero-order valence-electron chi connectivity index (χ0n) is 9.11. The van der Waals surface area contributed by atoms with Crippen molar-refractivity contribution in [2.24, 2.45) is 5.73 Å². The van der Waals surface area contributed by atoms with Crippen LogP contribution in [0.5, 0.6) is 0 Å². The highest BCUT2D eigenvalue weighted by molar-refractivity contribution is 5.54. The van der Waals surface area contributed by atoms with Gasteiger partial charge in [0.05, 0.1) is 5.60 Å². The van der Waals surface area contributed by atoms with E-state index in [9.17, 15) is 5.11 Å². The minimum atomic E-state index is -0.692. The average Bonchev–Trinajstić information content (AvgIpc) is 2.63. The van der Waals surface area contributed by atoms with Crippen LogP contribution in [0, 0.1) is 6.92 Å². The van der Waals surface area contributed by atoms with Gasteiger partial charge in [-0.2, -0.15) is 0 Å². The summed E-state index contributed by atoms with van der Waals surface area (Å²) in [6.45, 7) is 3.97. The van der Waals surface area contributed by atoms with Gasteiger partial charge < -0.3 is 15.7 Å². The van der Waals surface area contributed by atoms with Crippen molar-refractivity contribution in [1.82, 2.24) is 0 Å². The number of nitrogens with two attached hydrogens (primary N) is 1. The summed E-state index contributed by atoms with van der Waals surface area (Å²) in [5, 5.41) is 10.1. The van der Waals surface area contributed by atoms with E-state index in [0.29, 0.717) is 13.1 Å². The lowest BCUT2D eigenvalue weighted by molar-refractivity contribution is 0.0726. The first kappa shape index (κ1) is 10.5. The number of aliphatic hydroxyl groups is 1. The number of hydrogen-bond acceptors (Lipinski definition) is 3. The summed E-state index contributed by atoms with van der Waals surface area (Å²) in [4.78, 5) is 2.21. The largest absolute Gasteiger partial charge is 0.387 e. The first-order valence-electron chi connectivity index (χ1n) is 5.38. The third kappa shape index (κ3) is 1.98. The number of aryl methyl sites for hydroxylation is 1. The van der Waals surface area contributed by atoms with Crippen LogP contribution in [-0.2, 0) is 0 Å². The first-order chi connectivity index (χ1) is 7.14. The zero-order valence-corrected chi connectivity index (χ0v) is 9.11. The monoisotopic (exact) mass is 206 g/mol. The van der Waals surface area contributed by atoms with Crippen LogP contribution < -0.4 is 10.6 Å². The Labute approximate surface area is 90.5 Å². The van der Waals surface area contributed by atoms with Gasteiger partial charge in [-0.15, -0.1) is 0 Å². The number of rotatable bonds is 2. The molecule has 1 aliphatic rings. The first-order valence-corrected chi connectivity index (χ1v) is 5.38. The number of β-amino-alcohol motifs (C(OH)–C–C–N with tert-alkyl or cyclic N) is 1. The second-order valence-electron chi connectivity index (χ2n) is 4.39. The van der Waals surface area contributed by atoms with Crippen LogP contribution in [-0.4, -0.2) is 30.3 Å². The number of anilines is 1. The second-order valence-corrected chi connectivity index (χ2v) is 4.39. The molecule has 82 valence electrons. The summed E-state index contributed by atoms with van der Waals surface area (Å²) < 4.78 is 0. The fraction of sp³-hybridized carbons (Fsp3) is 0.500. The molecule has 0 aliphatic carbocycles. The van der Waals surface area contributed by atoms with Crippen molar-refractivity contribution in [3.05, 3.63) is 29.8 Å². The molecule has 3 heteroatoms. The van der Waals surface area contributed by atoms with Crippen molar-refractivity contribution in [2.45, 2.75) is 18.9 Å². The normalized spacial score (nSPS) is 25.9. The number of nitrogens with zero attached hydrogens (tertiary/aromatic N) is 1. The molecule has 1 atom stereocenters. The summed E-state index contributed by atoms with van der Waals surface area (Å²) in [6, 6.07) is 8.25. The second kappa shape index (κ2) is 3.83. The van der Waals surface area contributed by atoms with Gasteiger partial charge in [-0.3, -0.25) is 0 Å². The quantitative estimate of drug-likeness (QED) is 0.755. The molecule has 3 nitrogen and oxygen atoms in total. The van der Waals surface area contributed by atoms with Crippen molar-refractivity contribution >= 4 is 5.69 Å². The fourth-order valence-corrected chi connectivity index (χ4v) is 2.15. The topological polar surface area (TPSA) is 49.5 Å². The highest BCUT2D eigenvalue weighted by Crippen LogP contribution is 2.28. The molecule has 0 amide bonds. The summed E-state index contributed by atoms with van der Waals surface area (Å²) in [5.41, 5.74) is 7.34.